The maximum Gasteiger partial charge on any atom is 0.326 e. The standard InChI is InChI=1S/C29H37ClN8O3S/c1-19-7-6-8-21(30)25(19)36-26(39)22-18-32-28(42-22)35-23-17-24(34-20(2)33-23)38-13-11-37(12-14-38)15-16-41-27(40)29(31)9-4-3-5-10-29/h6-8,17-18H,3-5,9-16,31H2,1-2H3,(H,36,39)(H,32,33,34,35). The molecule has 1 saturated heterocycles. The third-order valence-corrected chi connectivity index (χ3v) is 8.97. The van der Waals surface area contributed by atoms with Crippen molar-refractivity contribution in [3.63, 3.8) is 0 Å². The Morgan fingerprint density at radius 2 is 1.88 bits per heavy atom. The van der Waals surface area contributed by atoms with Crippen molar-refractivity contribution < 1.29 is 14.3 Å². The van der Waals surface area contributed by atoms with E-state index in [-0.39, 0.29) is 11.9 Å². The van der Waals surface area contributed by atoms with Gasteiger partial charge in [-0.25, -0.2) is 15.0 Å². The number of nitrogens with zero attached hydrogens (tertiary/aromatic N) is 5. The molecule has 1 aliphatic carbocycles. The Morgan fingerprint density at radius 3 is 2.62 bits per heavy atom. The number of thiazole rings is 1. The van der Waals surface area contributed by atoms with Gasteiger partial charge in [0.05, 0.1) is 16.9 Å². The number of para-hydroxylation sites is 1. The molecule has 0 bridgehead atoms. The Labute approximate surface area is 254 Å². The first-order valence-electron chi connectivity index (χ1n) is 14.3. The molecule has 42 heavy (non-hydrogen) atoms. The van der Waals surface area contributed by atoms with E-state index in [1.54, 1.807) is 6.07 Å². The third-order valence-electron chi connectivity index (χ3n) is 7.74. The molecule has 11 nitrogen and oxygen atoms in total. The molecule has 4 N–H and O–H groups in total. The number of aromatic nitrogens is 3. The number of carbonyl (C=O) groups excluding carboxylic acids is 2. The van der Waals surface area contributed by atoms with Gasteiger partial charge in [-0.05, 0) is 38.3 Å². The monoisotopic (exact) mass is 612 g/mol. The van der Waals surface area contributed by atoms with Gasteiger partial charge in [-0.2, -0.15) is 0 Å². The largest absolute Gasteiger partial charge is 0.463 e. The highest BCUT2D eigenvalue weighted by Crippen LogP contribution is 2.29. The van der Waals surface area contributed by atoms with Crippen LogP contribution in [0.2, 0.25) is 5.02 Å². The third kappa shape index (κ3) is 7.35. The second-order valence-corrected chi connectivity index (χ2v) is 12.3. The van der Waals surface area contributed by atoms with Gasteiger partial charge in [-0.15, -0.1) is 0 Å². The van der Waals surface area contributed by atoms with E-state index in [0.29, 0.717) is 58.4 Å². The van der Waals surface area contributed by atoms with E-state index >= 15 is 0 Å². The number of hydrogen-bond donors (Lipinski definition) is 3. The summed E-state index contributed by atoms with van der Waals surface area (Å²) in [6, 6.07) is 7.36. The van der Waals surface area contributed by atoms with Gasteiger partial charge in [0.1, 0.15) is 34.5 Å². The summed E-state index contributed by atoms with van der Waals surface area (Å²) in [6.45, 7) is 8.00. The lowest BCUT2D eigenvalue weighted by molar-refractivity contribution is -0.152. The van der Waals surface area contributed by atoms with Crippen LogP contribution in [0, 0.1) is 13.8 Å². The number of amides is 1. The number of nitrogens with one attached hydrogen (secondary N) is 2. The second-order valence-electron chi connectivity index (χ2n) is 10.9. The van der Waals surface area contributed by atoms with Crippen molar-refractivity contribution in [2.75, 3.05) is 54.9 Å². The molecular weight excluding hydrogens is 576 g/mol. The number of anilines is 4. The number of aryl methyl sites for hydroxylation is 2. The predicted molar refractivity (Wildman–Crippen MR) is 166 cm³/mol. The van der Waals surface area contributed by atoms with Crippen molar-refractivity contribution in [1.29, 1.82) is 0 Å². The first-order chi connectivity index (χ1) is 20.2. The fourth-order valence-electron chi connectivity index (χ4n) is 5.29. The Morgan fingerprint density at radius 1 is 1.12 bits per heavy atom. The molecule has 2 aliphatic rings. The first kappa shape index (κ1) is 30.1. The van der Waals surface area contributed by atoms with Gasteiger partial charge in [0, 0.05) is 38.8 Å². The fraction of sp³-hybridized carbons (Fsp3) is 0.483. The number of rotatable bonds is 9. The Kier molecular flexibility index (Phi) is 9.57. The summed E-state index contributed by atoms with van der Waals surface area (Å²) in [5.41, 5.74) is 6.95. The number of benzene rings is 1. The average molecular weight is 613 g/mol. The van der Waals surface area contributed by atoms with Crippen LogP contribution in [0.1, 0.15) is 53.2 Å². The van der Waals surface area contributed by atoms with Crippen LogP contribution in [0.25, 0.3) is 0 Å². The number of piperazine rings is 1. The lowest BCUT2D eigenvalue weighted by Crippen LogP contribution is -2.51. The van der Waals surface area contributed by atoms with E-state index < -0.39 is 5.54 Å². The molecule has 0 radical (unpaired) electrons. The Hall–Kier alpha value is -3.32. The Bertz CT molecular complexity index is 1400. The molecule has 3 aromatic rings. The van der Waals surface area contributed by atoms with E-state index in [9.17, 15) is 9.59 Å². The fourth-order valence-corrected chi connectivity index (χ4v) is 6.28. The number of hydrogen-bond acceptors (Lipinski definition) is 11. The highest BCUT2D eigenvalue weighted by atomic mass is 35.5. The minimum absolute atomic E-state index is 0.263. The minimum Gasteiger partial charge on any atom is -0.463 e. The van der Waals surface area contributed by atoms with Gasteiger partial charge < -0.3 is 26.0 Å². The van der Waals surface area contributed by atoms with Crippen molar-refractivity contribution in [3.05, 3.63) is 51.7 Å². The number of carbonyl (C=O) groups is 2. The molecule has 1 saturated carbocycles. The molecule has 1 aromatic carbocycles. The summed E-state index contributed by atoms with van der Waals surface area (Å²) in [5.74, 6) is 1.52. The molecule has 0 unspecified atom stereocenters. The molecule has 224 valence electrons. The molecule has 3 heterocycles. The summed E-state index contributed by atoms with van der Waals surface area (Å²) in [5, 5.41) is 7.13. The van der Waals surface area contributed by atoms with Gasteiger partial charge in [0.25, 0.3) is 5.91 Å². The van der Waals surface area contributed by atoms with Crippen molar-refractivity contribution in [2.45, 2.75) is 51.5 Å². The van der Waals surface area contributed by atoms with Crippen LogP contribution in [0.3, 0.4) is 0 Å². The quantitative estimate of drug-likeness (QED) is 0.295. The van der Waals surface area contributed by atoms with Gasteiger partial charge in [0.15, 0.2) is 5.13 Å². The molecule has 13 heteroatoms. The maximum absolute atomic E-state index is 12.8. The van der Waals surface area contributed by atoms with Gasteiger partial charge in [0.2, 0.25) is 0 Å². The second kappa shape index (κ2) is 13.3. The van der Waals surface area contributed by atoms with E-state index in [2.05, 4.69) is 35.4 Å². The minimum atomic E-state index is -0.810. The van der Waals surface area contributed by atoms with Crippen LogP contribution in [-0.4, -0.2) is 76.6 Å². The van der Waals surface area contributed by atoms with Crippen molar-refractivity contribution >= 4 is 57.3 Å². The molecule has 1 amide bonds. The van der Waals surface area contributed by atoms with Crippen LogP contribution in [-0.2, 0) is 9.53 Å². The molecule has 1 aliphatic heterocycles. The van der Waals surface area contributed by atoms with Gasteiger partial charge >= 0.3 is 5.97 Å². The number of nitrogens with two attached hydrogens (primary N) is 1. The maximum atomic E-state index is 12.8. The summed E-state index contributed by atoms with van der Waals surface area (Å²) >= 11 is 7.49. The van der Waals surface area contributed by atoms with Gasteiger partial charge in [-0.1, -0.05) is 54.3 Å². The smallest absolute Gasteiger partial charge is 0.326 e. The topological polar surface area (TPSA) is 139 Å². The number of esters is 1. The molecule has 5 rings (SSSR count). The van der Waals surface area contributed by atoms with E-state index in [1.807, 2.05) is 32.0 Å². The van der Waals surface area contributed by atoms with Gasteiger partial charge in [-0.3, -0.25) is 14.5 Å². The van der Waals surface area contributed by atoms with Crippen molar-refractivity contribution in [1.82, 2.24) is 19.9 Å². The molecule has 0 spiro atoms. The van der Waals surface area contributed by atoms with E-state index in [1.165, 1.54) is 17.5 Å². The van der Waals surface area contributed by atoms with Crippen LogP contribution in [0.5, 0.6) is 0 Å². The lowest BCUT2D eigenvalue weighted by Gasteiger charge is -2.36. The zero-order valence-corrected chi connectivity index (χ0v) is 25.6. The first-order valence-corrected chi connectivity index (χ1v) is 15.5. The van der Waals surface area contributed by atoms with E-state index in [0.717, 1.165) is 56.8 Å². The Balaban J connectivity index is 1.12. The molecule has 2 fully saturated rings. The lowest BCUT2D eigenvalue weighted by atomic mass is 9.83. The normalized spacial score (nSPS) is 17.1. The predicted octanol–water partition coefficient (Wildman–Crippen LogP) is 4.53. The zero-order valence-electron chi connectivity index (χ0n) is 24.0. The highest BCUT2D eigenvalue weighted by Gasteiger charge is 2.36. The summed E-state index contributed by atoms with van der Waals surface area (Å²) in [6.07, 6.45) is 6.06. The van der Waals surface area contributed by atoms with E-state index in [4.69, 9.17) is 22.1 Å². The van der Waals surface area contributed by atoms with Crippen LogP contribution in [0.4, 0.5) is 22.5 Å². The highest BCUT2D eigenvalue weighted by molar-refractivity contribution is 7.17. The summed E-state index contributed by atoms with van der Waals surface area (Å²) in [4.78, 5) is 43.8. The molecular formula is C29H37ClN8O3S. The van der Waals surface area contributed by atoms with Crippen LogP contribution >= 0.6 is 22.9 Å². The van der Waals surface area contributed by atoms with Crippen molar-refractivity contribution in [2.24, 2.45) is 5.73 Å². The van der Waals surface area contributed by atoms with Crippen LogP contribution < -0.4 is 21.3 Å². The SMILES string of the molecule is Cc1nc(Nc2ncc(C(=O)Nc3c(C)cccc3Cl)s2)cc(N2CCN(CCOC(=O)C3(N)CCCCC3)CC2)n1. The summed E-state index contributed by atoms with van der Waals surface area (Å²) in [7, 11) is 0. The number of halogens is 1. The average Bonchev–Trinajstić information content (AvgIpc) is 3.44. The molecule has 2 aromatic heterocycles. The summed E-state index contributed by atoms with van der Waals surface area (Å²) < 4.78 is 5.56. The van der Waals surface area contributed by atoms with Crippen LogP contribution in [0.15, 0.2) is 30.5 Å². The zero-order chi connectivity index (χ0) is 29.7. The van der Waals surface area contributed by atoms with Crippen molar-refractivity contribution in [3.8, 4) is 0 Å². The molecule has 0 atom stereocenters. The number of ether oxygens (including phenoxy) is 1.